The molecule has 0 spiro atoms. The predicted octanol–water partition coefficient (Wildman–Crippen LogP) is 3.09. The quantitative estimate of drug-likeness (QED) is 0.525. The van der Waals surface area contributed by atoms with Crippen LogP contribution in [0.25, 0.3) is 0 Å². The zero-order valence-corrected chi connectivity index (χ0v) is 17.2. The molecule has 0 aromatic heterocycles. The molecular formula is C22H32O3Si. The molecule has 0 aliphatic rings. The van der Waals surface area contributed by atoms with Crippen LogP contribution in [0.5, 0.6) is 0 Å². The molecule has 0 amide bonds. The molecule has 0 radical (unpaired) electrons. The fraction of sp³-hybridized carbons (Fsp3) is 0.455. The Morgan fingerprint density at radius 3 is 1.81 bits per heavy atom. The lowest BCUT2D eigenvalue weighted by atomic mass is 10.2. The van der Waals surface area contributed by atoms with E-state index >= 15 is 0 Å². The van der Waals surface area contributed by atoms with Crippen molar-refractivity contribution in [3.63, 3.8) is 0 Å². The van der Waals surface area contributed by atoms with Crippen molar-refractivity contribution < 1.29 is 14.6 Å². The molecule has 2 rings (SSSR count). The third-order valence-electron chi connectivity index (χ3n) is 4.85. The van der Waals surface area contributed by atoms with Gasteiger partial charge in [-0.2, -0.15) is 0 Å². The SMILES string of the molecule is CC(C)(C)[Si](OC[C@@H](O)CCCCO)(c1ccccc1)c1ccccc1. The number of hydrogen-bond donors (Lipinski definition) is 2. The highest BCUT2D eigenvalue weighted by Gasteiger charge is 2.50. The Morgan fingerprint density at radius 2 is 1.38 bits per heavy atom. The molecule has 0 aliphatic heterocycles. The summed E-state index contributed by atoms with van der Waals surface area (Å²) in [6.45, 7) is 7.19. The van der Waals surface area contributed by atoms with Gasteiger partial charge in [0.25, 0.3) is 8.32 Å². The standard InChI is InChI=1S/C22H32O3Si/c1-22(2,3)26(20-13-6-4-7-14-20,21-15-8-5-9-16-21)25-18-19(24)12-10-11-17-23/h4-9,13-16,19,23-24H,10-12,17-18H2,1-3H3/t19-/m0/s1. The highest BCUT2D eigenvalue weighted by molar-refractivity contribution is 6.99. The lowest BCUT2D eigenvalue weighted by Crippen LogP contribution is -2.67. The Kier molecular flexibility index (Phi) is 7.59. The number of aliphatic hydroxyl groups excluding tert-OH is 2. The van der Waals surface area contributed by atoms with Crippen LogP contribution in [0.1, 0.15) is 40.0 Å². The lowest BCUT2D eigenvalue weighted by Gasteiger charge is -2.43. The van der Waals surface area contributed by atoms with Crippen molar-refractivity contribution in [2.24, 2.45) is 0 Å². The van der Waals surface area contributed by atoms with E-state index in [1.807, 2.05) is 12.1 Å². The third-order valence-corrected chi connectivity index (χ3v) is 9.86. The van der Waals surface area contributed by atoms with Gasteiger partial charge in [0.2, 0.25) is 0 Å². The van der Waals surface area contributed by atoms with Crippen LogP contribution in [0.2, 0.25) is 5.04 Å². The Morgan fingerprint density at radius 1 is 0.885 bits per heavy atom. The van der Waals surface area contributed by atoms with Gasteiger partial charge in [-0.25, -0.2) is 0 Å². The topological polar surface area (TPSA) is 49.7 Å². The molecule has 4 heteroatoms. The Labute approximate surface area is 158 Å². The number of unbranched alkanes of at least 4 members (excludes halogenated alkanes) is 1. The van der Waals surface area contributed by atoms with E-state index in [1.54, 1.807) is 0 Å². The first-order chi connectivity index (χ1) is 12.4. The van der Waals surface area contributed by atoms with Gasteiger partial charge in [0.1, 0.15) is 0 Å². The van der Waals surface area contributed by atoms with Crippen LogP contribution in [0.4, 0.5) is 0 Å². The second-order valence-electron chi connectivity index (χ2n) is 7.85. The zero-order chi connectivity index (χ0) is 19.0. The van der Waals surface area contributed by atoms with Gasteiger partial charge in [-0.3, -0.25) is 0 Å². The smallest absolute Gasteiger partial charge is 0.261 e. The van der Waals surface area contributed by atoms with Gasteiger partial charge in [-0.05, 0) is 34.7 Å². The van der Waals surface area contributed by atoms with Gasteiger partial charge < -0.3 is 14.6 Å². The zero-order valence-electron chi connectivity index (χ0n) is 16.2. The van der Waals surface area contributed by atoms with E-state index in [2.05, 4.69) is 69.3 Å². The molecule has 2 N–H and O–H groups in total. The highest BCUT2D eigenvalue weighted by atomic mass is 28.4. The van der Waals surface area contributed by atoms with Crippen molar-refractivity contribution in [2.45, 2.75) is 51.2 Å². The normalized spacial score (nSPS) is 13.6. The molecule has 0 saturated heterocycles. The van der Waals surface area contributed by atoms with Crippen molar-refractivity contribution in [2.75, 3.05) is 13.2 Å². The van der Waals surface area contributed by atoms with Crippen LogP contribution in [-0.4, -0.2) is 37.8 Å². The summed E-state index contributed by atoms with van der Waals surface area (Å²) in [5, 5.41) is 21.7. The van der Waals surface area contributed by atoms with E-state index in [-0.39, 0.29) is 11.6 Å². The molecule has 26 heavy (non-hydrogen) atoms. The van der Waals surface area contributed by atoms with Gasteiger partial charge in [-0.1, -0.05) is 81.4 Å². The van der Waals surface area contributed by atoms with Crippen LogP contribution in [0.3, 0.4) is 0 Å². The fourth-order valence-corrected chi connectivity index (χ4v) is 8.16. The summed E-state index contributed by atoms with van der Waals surface area (Å²) in [6.07, 6.45) is 1.67. The minimum absolute atomic E-state index is 0.0828. The summed E-state index contributed by atoms with van der Waals surface area (Å²) in [6, 6.07) is 20.9. The van der Waals surface area contributed by atoms with E-state index in [0.29, 0.717) is 13.0 Å². The van der Waals surface area contributed by atoms with Crippen molar-refractivity contribution in [1.82, 2.24) is 0 Å². The molecule has 2 aromatic rings. The first-order valence-corrected chi connectivity index (χ1v) is 11.4. The number of benzene rings is 2. The van der Waals surface area contributed by atoms with Crippen LogP contribution < -0.4 is 10.4 Å². The molecule has 0 heterocycles. The van der Waals surface area contributed by atoms with Gasteiger partial charge in [0.15, 0.2) is 0 Å². The summed E-state index contributed by atoms with van der Waals surface area (Å²) in [5.74, 6) is 0. The van der Waals surface area contributed by atoms with Crippen LogP contribution in [0, 0.1) is 0 Å². The average molecular weight is 373 g/mol. The Bertz CT molecular complexity index is 598. The largest absolute Gasteiger partial charge is 0.405 e. The molecule has 0 saturated carbocycles. The minimum Gasteiger partial charge on any atom is -0.405 e. The monoisotopic (exact) mass is 372 g/mol. The van der Waals surface area contributed by atoms with E-state index in [9.17, 15) is 5.11 Å². The van der Waals surface area contributed by atoms with Crippen molar-refractivity contribution in [3.8, 4) is 0 Å². The Balaban J connectivity index is 2.38. The van der Waals surface area contributed by atoms with Crippen LogP contribution in [-0.2, 0) is 4.43 Å². The summed E-state index contributed by atoms with van der Waals surface area (Å²) in [5.41, 5.74) is 0. The van der Waals surface area contributed by atoms with Crippen LogP contribution in [0.15, 0.2) is 60.7 Å². The van der Waals surface area contributed by atoms with Crippen molar-refractivity contribution in [1.29, 1.82) is 0 Å². The van der Waals surface area contributed by atoms with Gasteiger partial charge in [0, 0.05) is 6.61 Å². The molecular weight excluding hydrogens is 340 g/mol. The first-order valence-electron chi connectivity index (χ1n) is 9.46. The van der Waals surface area contributed by atoms with E-state index in [0.717, 1.165) is 12.8 Å². The van der Waals surface area contributed by atoms with Gasteiger partial charge in [0.05, 0.1) is 12.7 Å². The number of aliphatic hydroxyl groups is 2. The molecule has 142 valence electrons. The number of hydrogen-bond acceptors (Lipinski definition) is 3. The molecule has 0 unspecified atom stereocenters. The molecule has 2 aromatic carbocycles. The summed E-state index contributed by atoms with van der Waals surface area (Å²) < 4.78 is 6.69. The van der Waals surface area contributed by atoms with Gasteiger partial charge in [-0.15, -0.1) is 0 Å². The summed E-state index contributed by atoms with van der Waals surface area (Å²) >= 11 is 0. The van der Waals surface area contributed by atoms with E-state index in [1.165, 1.54) is 10.4 Å². The second kappa shape index (κ2) is 9.47. The van der Waals surface area contributed by atoms with Crippen LogP contribution >= 0.6 is 0 Å². The fourth-order valence-electron chi connectivity index (χ4n) is 3.56. The van der Waals surface area contributed by atoms with E-state index < -0.39 is 14.4 Å². The first kappa shape index (κ1) is 20.8. The lowest BCUT2D eigenvalue weighted by molar-refractivity contribution is 0.0914. The maximum absolute atomic E-state index is 10.4. The summed E-state index contributed by atoms with van der Waals surface area (Å²) in [7, 11) is -2.57. The molecule has 0 aliphatic carbocycles. The molecule has 3 nitrogen and oxygen atoms in total. The maximum Gasteiger partial charge on any atom is 0.261 e. The number of rotatable bonds is 9. The van der Waals surface area contributed by atoms with Crippen molar-refractivity contribution in [3.05, 3.63) is 60.7 Å². The molecule has 1 atom stereocenters. The predicted molar refractivity (Wildman–Crippen MR) is 111 cm³/mol. The van der Waals surface area contributed by atoms with Gasteiger partial charge >= 0.3 is 0 Å². The summed E-state index contributed by atoms with van der Waals surface area (Å²) in [4.78, 5) is 0. The van der Waals surface area contributed by atoms with E-state index in [4.69, 9.17) is 9.53 Å². The highest BCUT2D eigenvalue weighted by Crippen LogP contribution is 2.36. The maximum atomic E-state index is 10.4. The second-order valence-corrected chi connectivity index (χ2v) is 12.2. The minimum atomic E-state index is -2.57. The average Bonchev–Trinajstić information content (AvgIpc) is 2.63. The molecule has 0 bridgehead atoms. The van der Waals surface area contributed by atoms with Crippen molar-refractivity contribution >= 4 is 18.7 Å². The third kappa shape index (κ3) is 4.83. The molecule has 0 fully saturated rings. The Hall–Kier alpha value is -1.46.